The Kier molecular flexibility index (Phi) is 4.06. The zero-order valence-electron chi connectivity index (χ0n) is 6.39. The number of rotatable bonds is 2. The first-order chi connectivity index (χ1) is 4.72. The van der Waals surface area contributed by atoms with Crippen LogP contribution in [0.15, 0.2) is 16.3 Å². The van der Waals surface area contributed by atoms with E-state index in [0.29, 0.717) is 0 Å². The lowest BCUT2D eigenvalue weighted by Gasteiger charge is -1.96. The van der Waals surface area contributed by atoms with Crippen LogP contribution in [0.4, 0.5) is 0 Å². The van der Waals surface area contributed by atoms with Gasteiger partial charge in [0.05, 0.1) is 0 Å². The molecule has 2 N–H and O–H groups in total. The quantitative estimate of drug-likeness (QED) is 0.451. The molecule has 0 spiro atoms. The minimum absolute atomic E-state index is 0.832. The first-order valence-corrected chi connectivity index (χ1v) is 3.16. The summed E-state index contributed by atoms with van der Waals surface area (Å²) >= 11 is 0. The predicted molar refractivity (Wildman–Crippen MR) is 44.5 cm³/mol. The summed E-state index contributed by atoms with van der Waals surface area (Å²) in [5.74, 6) is 0. The third-order valence-electron chi connectivity index (χ3n) is 1.22. The van der Waals surface area contributed by atoms with Crippen molar-refractivity contribution in [3.05, 3.63) is 11.3 Å². The van der Waals surface area contributed by atoms with Crippen molar-refractivity contribution in [1.29, 1.82) is 0 Å². The number of nitrogens with zero attached hydrogens (tertiary/aromatic N) is 1. The van der Waals surface area contributed by atoms with Gasteiger partial charge in [-0.25, -0.2) is 4.99 Å². The number of nitrogens with two attached hydrogens (primary N) is 1. The van der Waals surface area contributed by atoms with Crippen molar-refractivity contribution in [2.24, 2.45) is 10.7 Å². The predicted octanol–water partition coefficient (Wildman–Crippen LogP) is 1.29. The van der Waals surface area contributed by atoms with Crippen LogP contribution in [0.25, 0.3) is 0 Å². The average Bonchev–Trinajstić information content (AvgIpc) is 1.98. The molecule has 0 aliphatic heterocycles. The summed E-state index contributed by atoms with van der Waals surface area (Å²) in [7, 11) is 0. The lowest BCUT2D eigenvalue weighted by Crippen LogP contribution is -1.99. The summed E-state index contributed by atoms with van der Waals surface area (Å²) in [6.45, 7) is 3.88. The van der Waals surface area contributed by atoms with E-state index in [0.717, 1.165) is 17.7 Å². The molecule has 0 aromatic carbocycles. The van der Waals surface area contributed by atoms with E-state index < -0.39 is 0 Å². The van der Waals surface area contributed by atoms with E-state index >= 15 is 0 Å². The molecule has 2 heteroatoms. The van der Waals surface area contributed by atoms with Gasteiger partial charge in [-0.3, -0.25) is 0 Å². The molecule has 0 heterocycles. The van der Waals surface area contributed by atoms with Gasteiger partial charge in [-0.15, -0.1) is 0 Å². The molecule has 0 saturated heterocycles. The molecule has 0 fully saturated rings. The van der Waals surface area contributed by atoms with Crippen molar-refractivity contribution >= 4 is 6.21 Å². The van der Waals surface area contributed by atoms with E-state index in [-0.39, 0.29) is 0 Å². The molecule has 54 valence electrons. The first kappa shape index (κ1) is 8.77. The lowest BCUT2D eigenvalue weighted by atomic mass is 10.2. The molecule has 0 unspecified atom stereocenters. The van der Waals surface area contributed by atoms with Crippen LogP contribution in [0.2, 0.25) is 0 Å². The van der Waals surface area contributed by atoms with Gasteiger partial charge in [-0.05, 0) is 18.9 Å². The number of hydrogen-bond acceptors (Lipinski definition) is 2. The molecule has 0 saturated carbocycles. The smallest absolute Gasteiger partial charge is 0.0421 e. The van der Waals surface area contributed by atoms with Crippen LogP contribution < -0.4 is 5.73 Å². The summed E-state index contributed by atoms with van der Waals surface area (Å²) in [4.78, 5) is 3.61. The fourth-order valence-electron chi connectivity index (χ4n) is 0.496. The van der Waals surface area contributed by atoms with Gasteiger partial charge in [0.15, 0.2) is 0 Å². The summed E-state index contributed by atoms with van der Waals surface area (Å²) < 4.78 is 0. The van der Waals surface area contributed by atoms with E-state index in [1.807, 2.05) is 13.8 Å². The maximum Gasteiger partial charge on any atom is 0.0421 e. The first-order valence-electron chi connectivity index (χ1n) is 3.16. The third-order valence-corrected chi connectivity index (χ3v) is 1.22. The lowest BCUT2D eigenvalue weighted by molar-refractivity contribution is 1.05. The normalized spacial score (nSPS) is 12.9. The Hall–Kier alpha value is -1.23. The largest absolute Gasteiger partial charge is 0.402 e. The van der Waals surface area contributed by atoms with Gasteiger partial charge in [-0.1, -0.05) is 13.3 Å². The SMILES string of the molecule is C#CN=CC(C)=C(N)CC. The maximum absolute atomic E-state index is 5.58. The minimum atomic E-state index is 0.832. The highest BCUT2D eigenvalue weighted by Crippen LogP contribution is 1.97. The Morgan fingerprint density at radius 2 is 2.40 bits per heavy atom. The zero-order chi connectivity index (χ0) is 7.98. The Morgan fingerprint density at radius 3 is 2.80 bits per heavy atom. The van der Waals surface area contributed by atoms with E-state index in [4.69, 9.17) is 12.2 Å². The summed E-state index contributed by atoms with van der Waals surface area (Å²) in [5, 5.41) is 0. The van der Waals surface area contributed by atoms with Crippen LogP contribution in [0, 0.1) is 12.5 Å². The maximum atomic E-state index is 5.58. The van der Waals surface area contributed by atoms with Gasteiger partial charge in [-0.2, -0.15) is 0 Å². The molecular formula is C8H12N2. The van der Waals surface area contributed by atoms with Crippen molar-refractivity contribution in [2.75, 3.05) is 0 Å². The number of terminal acetylenes is 1. The second-order valence-electron chi connectivity index (χ2n) is 1.95. The average molecular weight is 136 g/mol. The standard InChI is InChI=1S/C8H12N2/c1-4-8(9)7(3)6-10-5-2/h2,6H,4,9H2,1,3H3. The van der Waals surface area contributed by atoms with Gasteiger partial charge < -0.3 is 5.73 Å². The van der Waals surface area contributed by atoms with E-state index in [1.54, 1.807) is 6.21 Å². The van der Waals surface area contributed by atoms with E-state index in [2.05, 4.69) is 11.0 Å². The molecule has 0 rings (SSSR count). The van der Waals surface area contributed by atoms with Gasteiger partial charge >= 0.3 is 0 Å². The molecule has 0 radical (unpaired) electrons. The van der Waals surface area contributed by atoms with Crippen LogP contribution in [0.1, 0.15) is 20.3 Å². The van der Waals surface area contributed by atoms with Crippen molar-refractivity contribution < 1.29 is 0 Å². The molecule has 0 aromatic heterocycles. The van der Waals surface area contributed by atoms with Crippen molar-refractivity contribution in [2.45, 2.75) is 20.3 Å². The van der Waals surface area contributed by atoms with Crippen LogP contribution in [0.5, 0.6) is 0 Å². The minimum Gasteiger partial charge on any atom is -0.402 e. The van der Waals surface area contributed by atoms with Gasteiger partial charge in [0.2, 0.25) is 0 Å². The zero-order valence-corrected chi connectivity index (χ0v) is 6.39. The van der Waals surface area contributed by atoms with Crippen LogP contribution in [0.3, 0.4) is 0 Å². The van der Waals surface area contributed by atoms with Crippen molar-refractivity contribution in [3.63, 3.8) is 0 Å². The van der Waals surface area contributed by atoms with Crippen molar-refractivity contribution in [1.82, 2.24) is 0 Å². The van der Waals surface area contributed by atoms with Crippen LogP contribution in [-0.2, 0) is 0 Å². The Balaban J connectivity index is 4.21. The van der Waals surface area contributed by atoms with Gasteiger partial charge in [0, 0.05) is 18.0 Å². The molecule has 0 amide bonds. The molecule has 0 bridgehead atoms. The fraction of sp³-hybridized carbons (Fsp3) is 0.375. The van der Waals surface area contributed by atoms with Crippen molar-refractivity contribution in [3.8, 4) is 12.5 Å². The summed E-state index contributed by atoms with van der Waals surface area (Å²) in [5.41, 5.74) is 7.35. The van der Waals surface area contributed by atoms with E-state index in [9.17, 15) is 0 Å². The van der Waals surface area contributed by atoms with Crippen LogP contribution >= 0.6 is 0 Å². The van der Waals surface area contributed by atoms with E-state index in [1.165, 1.54) is 0 Å². The van der Waals surface area contributed by atoms with Gasteiger partial charge in [0.1, 0.15) is 0 Å². The number of aliphatic imine (C=N–C) groups is 1. The molecule has 0 aromatic rings. The highest BCUT2D eigenvalue weighted by atomic mass is 14.7. The molecule has 2 nitrogen and oxygen atoms in total. The number of allylic oxidation sites excluding steroid dienone is 2. The second-order valence-corrected chi connectivity index (χ2v) is 1.95. The number of hydrogen-bond donors (Lipinski definition) is 1. The fourth-order valence-corrected chi connectivity index (χ4v) is 0.496. The molecular weight excluding hydrogens is 124 g/mol. The topological polar surface area (TPSA) is 38.4 Å². The Bertz CT molecular complexity index is 194. The molecule has 0 aliphatic rings. The van der Waals surface area contributed by atoms with Gasteiger partial charge in [0.25, 0.3) is 0 Å². The molecule has 10 heavy (non-hydrogen) atoms. The summed E-state index contributed by atoms with van der Waals surface area (Å²) in [6, 6.07) is 2.16. The third kappa shape index (κ3) is 2.93. The Morgan fingerprint density at radius 1 is 1.80 bits per heavy atom. The second kappa shape index (κ2) is 4.63. The molecule has 0 atom stereocenters. The monoisotopic (exact) mass is 136 g/mol. The molecule has 0 aliphatic carbocycles. The summed E-state index contributed by atoms with van der Waals surface area (Å²) in [6.07, 6.45) is 7.34. The van der Waals surface area contributed by atoms with Crippen LogP contribution in [-0.4, -0.2) is 6.21 Å². The Labute approximate surface area is 61.8 Å². The highest BCUT2D eigenvalue weighted by Gasteiger charge is 1.89. The highest BCUT2D eigenvalue weighted by molar-refractivity contribution is 5.79.